The first-order valence-corrected chi connectivity index (χ1v) is 10.2. The number of rotatable bonds is 4. The van der Waals surface area contributed by atoms with Crippen LogP contribution in [0.15, 0.2) is 47.9 Å². The molecule has 0 N–H and O–H groups in total. The molecule has 178 valence electrons. The Balaban J connectivity index is 2.11. The van der Waals surface area contributed by atoms with Crippen LogP contribution in [0.1, 0.15) is 11.1 Å². The Morgan fingerprint density at radius 1 is 1.06 bits per heavy atom. The summed E-state index contributed by atoms with van der Waals surface area (Å²) in [5, 5.41) is 2.67. The van der Waals surface area contributed by atoms with Crippen molar-refractivity contribution in [2.24, 2.45) is 7.05 Å². The lowest BCUT2D eigenvalue weighted by Crippen LogP contribution is -2.40. The molecule has 0 radical (unpaired) electrons. The SMILES string of the molecule is Cn1nccc1S(=O)(=O)N(OC(=O)C(F)(F)F)c1c(F)cc(C#Cc2cncc(F)c2)cc1F. The summed E-state index contributed by atoms with van der Waals surface area (Å²) in [7, 11) is -4.22. The molecule has 1 aromatic carbocycles. The number of carbonyl (C=O) groups excluding carboxylic acids is 1. The molecule has 0 saturated heterocycles. The smallest absolute Gasteiger partial charge is 0.316 e. The molecule has 15 heteroatoms. The number of halogens is 6. The Hall–Kier alpha value is -4.06. The number of hydrogen-bond donors (Lipinski definition) is 0. The van der Waals surface area contributed by atoms with Crippen LogP contribution in [0.25, 0.3) is 0 Å². The van der Waals surface area contributed by atoms with Crippen LogP contribution in [0.5, 0.6) is 0 Å². The fourth-order valence-electron chi connectivity index (χ4n) is 2.48. The molecule has 0 spiro atoms. The average molecular weight is 504 g/mol. The first-order valence-electron chi connectivity index (χ1n) is 8.75. The van der Waals surface area contributed by atoms with E-state index in [-0.39, 0.29) is 5.56 Å². The van der Waals surface area contributed by atoms with Crippen LogP contribution < -0.4 is 4.47 Å². The molecule has 0 fully saturated rings. The lowest BCUT2D eigenvalue weighted by atomic mass is 10.1. The normalized spacial score (nSPS) is 11.5. The van der Waals surface area contributed by atoms with E-state index in [1.807, 2.05) is 0 Å². The maximum Gasteiger partial charge on any atom is 0.493 e. The molecule has 0 aliphatic heterocycles. The molecule has 3 rings (SSSR count). The van der Waals surface area contributed by atoms with Crippen LogP contribution in [0, 0.1) is 29.3 Å². The minimum absolute atomic E-state index is 0.0319. The number of hydrogen-bond acceptors (Lipinski definition) is 6. The second kappa shape index (κ2) is 9.06. The number of anilines is 1. The zero-order valence-corrected chi connectivity index (χ0v) is 17.5. The number of pyridine rings is 1. The zero-order chi connectivity index (χ0) is 25.3. The molecule has 8 nitrogen and oxygen atoms in total. The number of aryl methyl sites for hydroxylation is 1. The van der Waals surface area contributed by atoms with E-state index in [0.717, 1.165) is 37.8 Å². The van der Waals surface area contributed by atoms with Crippen LogP contribution in [0.3, 0.4) is 0 Å². The van der Waals surface area contributed by atoms with Gasteiger partial charge in [-0.1, -0.05) is 16.3 Å². The summed E-state index contributed by atoms with van der Waals surface area (Å²) in [6.45, 7) is 0. The van der Waals surface area contributed by atoms with E-state index in [1.54, 1.807) is 0 Å². The predicted molar refractivity (Wildman–Crippen MR) is 102 cm³/mol. The maximum atomic E-state index is 14.8. The maximum absolute atomic E-state index is 14.8. The number of sulfonamides is 1. The molecule has 0 atom stereocenters. The van der Waals surface area contributed by atoms with Gasteiger partial charge in [0.25, 0.3) is 0 Å². The monoisotopic (exact) mass is 504 g/mol. The van der Waals surface area contributed by atoms with E-state index in [2.05, 4.69) is 26.8 Å². The Morgan fingerprint density at radius 3 is 2.21 bits per heavy atom. The highest BCUT2D eigenvalue weighted by molar-refractivity contribution is 7.92. The molecule has 0 unspecified atom stereocenters. The van der Waals surface area contributed by atoms with Crippen molar-refractivity contribution in [3.63, 3.8) is 0 Å². The molecule has 3 aromatic rings. The minimum atomic E-state index is -5.70. The largest absolute Gasteiger partial charge is 0.493 e. The van der Waals surface area contributed by atoms with Gasteiger partial charge in [0, 0.05) is 24.4 Å². The van der Waals surface area contributed by atoms with Crippen molar-refractivity contribution in [2.45, 2.75) is 11.2 Å². The van der Waals surface area contributed by atoms with E-state index in [9.17, 15) is 39.6 Å². The molecule has 34 heavy (non-hydrogen) atoms. The Bertz CT molecular complexity index is 1400. The molecule has 2 aromatic heterocycles. The second-order valence-corrected chi connectivity index (χ2v) is 8.03. The van der Waals surface area contributed by atoms with E-state index >= 15 is 0 Å². The van der Waals surface area contributed by atoms with Crippen molar-refractivity contribution in [1.29, 1.82) is 0 Å². The first kappa shape index (κ1) is 24.6. The van der Waals surface area contributed by atoms with Crippen molar-refractivity contribution in [3.8, 4) is 11.8 Å². The van der Waals surface area contributed by atoms with Gasteiger partial charge in [-0.25, -0.2) is 18.0 Å². The second-order valence-electron chi connectivity index (χ2n) is 6.33. The van der Waals surface area contributed by atoms with Gasteiger partial charge in [-0.3, -0.25) is 9.67 Å². The summed E-state index contributed by atoms with van der Waals surface area (Å²) < 4.78 is 106. The van der Waals surface area contributed by atoms with Gasteiger partial charge < -0.3 is 4.84 Å². The van der Waals surface area contributed by atoms with Gasteiger partial charge in [-0.05, 0) is 24.3 Å². The fraction of sp³-hybridized carbons (Fsp3) is 0.105. The summed E-state index contributed by atoms with van der Waals surface area (Å²) in [6.07, 6.45) is -2.73. The lowest BCUT2D eigenvalue weighted by molar-refractivity contribution is -0.199. The number of aromatic nitrogens is 3. The molecule has 0 saturated carbocycles. The van der Waals surface area contributed by atoms with Gasteiger partial charge >= 0.3 is 22.2 Å². The van der Waals surface area contributed by atoms with Gasteiger partial charge in [-0.2, -0.15) is 26.7 Å². The zero-order valence-electron chi connectivity index (χ0n) is 16.6. The van der Waals surface area contributed by atoms with Crippen molar-refractivity contribution in [1.82, 2.24) is 14.8 Å². The molecule has 0 amide bonds. The minimum Gasteiger partial charge on any atom is -0.316 e. The third kappa shape index (κ3) is 5.12. The van der Waals surface area contributed by atoms with E-state index in [1.165, 1.54) is 0 Å². The summed E-state index contributed by atoms with van der Waals surface area (Å²) >= 11 is 0. The number of benzene rings is 1. The van der Waals surface area contributed by atoms with E-state index < -0.39 is 60.4 Å². The van der Waals surface area contributed by atoms with Crippen LogP contribution in [0.4, 0.5) is 32.0 Å². The van der Waals surface area contributed by atoms with Crippen molar-refractivity contribution >= 4 is 21.7 Å². The van der Waals surface area contributed by atoms with Crippen molar-refractivity contribution in [3.05, 3.63) is 71.4 Å². The fourth-order valence-corrected chi connectivity index (χ4v) is 3.84. The van der Waals surface area contributed by atoms with Crippen LogP contribution in [0.2, 0.25) is 0 Å². The summed E-state index contributed by atoms with van der Waals surface area (Å²) in [5.74, 6) is -2.63. The summed E-state index contributed by atoms with van der Waals surface area (Å²) in [6, 6.07) is 2.73. The lowest BCUT2D eigenvalue weighted by Gasteiger charge is -2.23. The Kier molecular flexibility index (Phi) is 6.55. The molecule has 0 aliphatic rings. The highest BCUT2D eigenvalue weighted by Crippen LogP contribution is 2.32. The highest BCUT2D eigenvalue weighted by Gasteiger charge is 2.46. The van der Waals surface area contributed by atoms with Gasteiger partial charge in [-0.15, -0.1) is 0 Å². The Labute approximate surface area is 187 Å². The molecular weight excluding hydrogens is 494 g/mol. The standard InChI is InChI=1S/C19H10F6N4O4S/c1-28-16(4-5-27-28)34(31,32)29(33-18(30)19(23,24)25)17-14(21)7-11(8-15(17)22)2-3-12-6-13(20)10-26-9-12/h4-10H,1H3. The molecule has 0 bridgehead atoms. The van der Waals surface area contributed by atoms with Gasteiger partial charge in [0.2, 0.25) is 0 Å². The number of carbonyl (C=O) groups is 1. The van der Waals surface area contributed by atoms with Crippen LogP contribution in [-0.4, -0.2) is 35.3 Å². The van der Waals surface area contributed by atoms with Crippen LogP contribution in [-0.2, 0) is 26.7 Å². The average Bonchev–Trinajstić information content (AvgIpc) is 3.17. The Morgan fingerprint density at radius 2 is 1.68 bits per heavy atom. The van der Waals surface area contributed by atoms with Crippen molar-refractivity contribution < 1.29 is 44.4 Å². The predicted octanol–water partition coefficient (Wildman–Crippen LogP) is 2.85. The molecule has 0 aliphatic carbocycles. The summed E-state index contributed by atoms with van der Waals surface area (Å²) in [4.78, 5) is 18.7. The van der Waals surface area contributed by atoms with Gasteiger partial charge in [0.05, 0.1) is 12.4 Å². The molecule has 2 heterocycles. The molecular formula is C19H10F6N4O4S. The quantitative estimate of drug-likeness (QED) is 0.308. The van der Waals surface area contributed by atoms with E-state index in [0.29, 0.717) is 16.8 Å². The topological polar surface area (TPSA) is 94.4 Å². The first-order chi connectivity index (χ1) is 15.8. The van der Waals surface area contributed by atoms with Crippen LogP contribution >= 0.6 is 0 Å². The number of nitrogens with zero attached hydrogens (tertiary/aromatic N) is 4. The summed E-state index contributed by atoms with van der Waals surface area (Å²) in [5.41, 5.74) is -2.01. The number of alkyl halides is 3. The third-order valence-corrected chi connectivity index (χ3v) is 5.53. The van der Waals surface area contributed by atoms with Crippen molar-refractivity contribution in [2.75, 3.05) is 4.47 Å². The van der Waals surface area contributed by atoms with Gasteiger partial charge in [0.1, 0.15) is 5.82 Å². The van der Waals surface area contributed by atoms with E-state index in [4.69, 9.17) is 0 Å². The highest BCUT2D eigenvalue weighted by atomic mass is 32.2. The van der Waals surface area contributed by atoms with Gasteiger partial charge in [0.15, 0.2) is 22.3 Å². The third-order valence-electron chi connectivity index (χ3n) is 3.91.